The van der Waals surface area contributed by atoms with Crippen molar-refractivity contribution in [1.82, 2.24) is 4.90 Å². The largest absolute Gasteiger partial charge is 0.425 e. The molecular formula is C20H17NO5. The highest BCUT2D eigenvalue weighted by atomic mass is 16.5. The van der Waals surface area contributed by atoms with Crippen LogP contribution < -0.4 is 4.74 Å². The van der Waals surface area contributed by atoms with E-state index in [1.807, 2.05) is 0 Å². The van der Waals surface area contributed by atoms with Crippen molar-refractivity contribution in [3.63, 3.8) is 0 Å². The smallest absolute Gasteiger partial charge is 0.334 e. The van der Waals surface area contributed by atoms with Crippen LogP contribution in [-0.4, -0.2) is 34.5 Å². The van der Waals surface area contributed by atoms with Gasteiger partial charge in [-0.3, -0.25) is 19.3 Å². The molecule has 0 N–H and O–H groups in total. The molecule has 3 rings (SSSR count). The molecule has 0 spiro atoms. The predicted octanol–water partition coefficient (Wildman–Crippen LogP) is 2.87. The molecule has 0 aliphatic carbocycles. The second-order valence-corrected chi connectivity index (χ2v) is 5.92. The number of nitrogens with zero attached hydrogens (tertiary/aromatic N) is 1. The van der Waals surface area contributed by atoms with Gasteiger partial charge >= 0.3 is 5.97 Å². The van der Waals surface area contributed by atoms with E-state index in [9.17, 15) is 19.2 Å². The summed E-state index contributed by atoms with van der Waals surface area (Å²) >= 11 is 0. The van der Waals surface area contributed by atoms with Crippen molar-refractivity contribution in [2.75, 3.05) is 0 Å². The molecular weight excluding hydrogens is 334 g/mol. The third-order valence-corrected chi connectivity index (χ3v) is 4.27. The van der Waals surface area contributed by atoms with Gasteiger partial charge in [0, 0.05) is 12.0 Å². The summed E-state index contributed by atoms with van der Waals surface area (Å²) in [7, 11) is 0. The summed E-state index contributed by atoms with van der Waals surface area (Å²) < 4.78 is 5.26. The molecule has 132 valence electrons. The van der Waals surface area contributed by atoms with Gasteiger partial charge in [0.2, 0.25) is 0 Å². The zero-order valence-corrected chi connectivity index (χ0v) is 14.4. The third-order valence-electron chi connectivity index (χ3n) is 4.27. The minimum absolute atomic E-state index is 0.0118. The molecule has 1 aliphatic rings. The van der Waals surface area contributed by atoms with Gasteiger partial charge in [0.15, 0.2) is 5.78 Å². The molecule has 0 saturated carbocycles. The molecule has 1 heterocycles. The van der Waals surface area contributed by atoms with Crippen LogP contribution in [0.25, 0.3) is 0 Å². The number of imide groups is 1. The summed E-state index contributed by atoms with van der Waals surface area (Å²) in [5, 5.41) is 0. The Morgan fingerprint density at radius 3 is 2.00 bits per heavy atom. The predicted molar refractivity (Wildman–Crippen MR) is 93.1 cm³/mol. The summed E-state index contributed by atoms with van der Waals surface area (Å²) in [4.78, 5) is 49.7. The lowest BCUT2D eigenvalue weighted by atomic mass is 10.1. The van der Waals surface area contributed by atoms with Gasteiger partial charge in [-0.05, 0) is 43.3 Å². The molecule has 1 atom stereocenters. The van der Waals surface area contributed by atoms with E-state index in [2.05, 4.69) is 0 Å². The number of esters is 1. The topological polar surface area (TPSA) is 80.8 Å². The molecule has 26 heavy (non-hydrogen) atoms. The Kier molecular flexibility index (Phi) is 4.67. The number of ether oxygens (including phenoxy) is 1. The fourth-order valence-corrected chi connectivity index (χ4v) is 2.78. The molecule has 1 unspecified atom stereocenters. The van der Waals surface area contributed by atoms with Crippen LogP contribution in [0.2, 0.25) is 0 Å². The maximum Gasteiger partial charge on any atom is 0.334 e. The molecule has 0 saturated heterocycles. The van der Waals surface area contributed by atoms with E-state index >= 15 is 0 Å². The summed E-state index contributed by atoms with van der Waals surface area (Å²) in [6, 6.07) is 11.5. The highest BCUT2D eigenvalue weighted by Crippen LogP contribution is 2.25. The zero-order valence-electron chi connectivity index (χ0n) is 14.4. The Labute approximate surface area is 150 Å². The third kappa shape index (κ3) is 3.01. The minimum Gasteiger partial charge on any atom is -0.425 e. The van der Waals surface area contributed by atoms with Gasteiger partial charge in [0.25, 0.3) is 11.8 Å². The molecule has 0 radical (unpaired) electrons. The summed E-state index contributed by atoms with van der Waals surface area (Å²) in [6.45, 7) is 3.21. The first kappa shape index (κ1) is 17.5. The maximum absolute atomic E-state index is 12.4. The quantitative estimate of drug-likeness (QED) is 0.358. The van der Waals surface area contributed by atoms with E-state index < -0.39 is 23.8 Å². The van der Waals surface area contributed by atoms with E-state index in [4.69, 9.17) is 4.74 Å². The van der Waals surface area contributed by atoms with E-state index in [1.54, 1.807) is 43.3 Å². The Balaban J connectivity index is 1.74. The number of rotatable bonds is 5. The number of ketones is 1. The van der Waals surface area contributed by atoms with Crippen LogP contribution in [-0.2, 0) is 4.79 Å². The SMILES string of the molecule is CCC(=O)c1ccc(OC(=O)C(C)N2C(=O)c3ccccc3C2=O)cc1. The fraction of sp³-hybridized carbons (Fsp3) is 0.200. The first-order valence-electron chi connectivity index (χ1n) is 8.26. The van der Waals surface area contributed by atoms with Crippen molar-refractivity contribution >= 4 is 23.6 Å². The van der Waals surface area contributed by atoms with E-state index in [-0.39, 0.29) is 22.7 Å². The fourth-order valence-electron chi connectivity index (χ4n) is 2.78. The lowest BCUT2D eigenvalue weighted by Gasteiger charge is -2.20. The van der Waals surface area contributed by atoms with Crippen LogP contribution in [0.4, 0.5) is 0 Å². The molecule has 2 aromatic carbocycles. The van der Waals surface area contributed by atoms with E-state index in [1.165, 1.54) is 19.1 Å². The second-order valence-electron chi connectivity index (χ2n) is 5.92. The number of hydrogen-bond donors (Lipinski definition) is 0. The van der Waals surface area contributed by atoms with Gasteiger partial charge in [0.1, 0.15) is 11.8 Å². The molecule has 1 aliphatic heterocycles. The first-order valence-corrected chi connectivity index (χ1v) is 8.26. The molecule has 0 bridgehead atoms. The van der Waals surface area contributed by atoms with Gasteiger partial charge in [-0.1, -0.05) is 19.1 Å². The molecule has 0 aromatic heterocycles. The van der Waals surface area contributed by atoms with Gasteiger partial charge in [-0.25, -0.2) is 4.79 Å². The van der Waals surface area contributed by atoms with Gasteiger partial charge in [0.05, 0.1) is 11.1 Å². The Hall–Kier alpha value is -3.28. The van der Waals surface area contributed by atoms with Crippen LogP contribution in [0.3, 0.4) is 0 Å². The lowest BCUT2D eigenvalue weighted by molar-refractivity contribution is -0.138. The van der Waals surface area contributed by atoms with Crippen LogP contribution >= 0.6 is 0 Å². The van der Waals surface area contributed by atoms with Gasteiger partial charge in [-0.2, -0.15) is 0 Å². The van der Waals surface area contributed by atoms with Crippen LogP contribution in [0, 0.1) is 0 Å². The number of carbonyl (C=O) groups is 4. The van der Waals surface area contributed by atoms with Crippen molar-refractivity contribution in [2.24, 2.45) is 0 Å². The average molecular weight is 351 g/mol. The normalized spacial score (nSPS) is 14.2. The van der Waals surface area contributed by atoms with Crippen molar-refractivity contribution < 1.29 is 23.9 Å². The van der Waals surface area contributed by atoms with Crippen molar-refractivity contribution in [3.05, 3.63) is 65.2 Å². The summed E-state index contributed by atoms with van der Waals surface area (Å²) in [6.07, 6.45) is 0.385. The zero-order chi connectivity index (χ0) is 18.8. The summed E-state index contributed by atoms with van der Waals surface area (Å²) in [5.41, 5.74) is 1.08. The highest BCUT2D eigenvalue weighted by molar-refractivity contribution is 6.22. The monoisotopic (exact) mass is 351 g/mol. The number of carbonyl (C=O) groups excluding carboxylic acids is 4. The number of Topliss-reactive ketones (excluding diaryl/α,β-unsaturated/α-hetero) is 1. The Bertz CT molecular complexity index is 866. The number of hydrogen-bond acceptors (Lipinski definition) is 5. The van der Waals surface area contributed by atoms with Crippen molar-refractivity contribution in [1.29, 1.82) is 0 Å². The van der Waals surface area contributed by atoms with Crippen LogP contribution in [0.1, 0.15) is 51.3 Å². The average Bonchev–Trinajstić information content (AvgIpc) is 2.92. The lowest BCUT2D eigenvalue weighted by Crippen LogP contribution is -2.44. The molecule has 6 heteroatoms. The van der Waals surface area contributed by atoms with Gasteiger partial charge < -0.3 is 4.74 Å². The second kappa shape index (κ2) is 6.92. The van der Waals surface area contributed by atoms with E-state index in [0.717, 1.165) is 4.90 Å². The number of amides is 2. The number of benzene rings is 2. The summed E-state index contributed by atoms with van der Waals surface area (Å²) in [5.74, 6) is -1.53. The Morgan fingerprint density at radius 1 is 0.962 bits per heavy atom. The molecule has 6 nitrogen and oxygen atoms in total. The molecule has 2 amide bonds. The highest BCUT2D eigenvalue weighted by Gasteiger charge is 2.41. The van der Waals surface area contributed by atoms with Crippen molar-refractivity contribution in [2.45, 2.75) is 26.3 Å². The molecule has 2 aromatic rings. The standard InChI is InChI=1S/C20H17NO5/c1-3-17(22)13-8-10-14(11-9-13)26-20(25)12(2)21-18(23)15-6-4-5-7-16(15)19(21)24/h4-12H,3H2,1-2H3. The van der Waals surface area contributed by atoms with Crippen LogP contribution in [0.15, 0.2) is 48.5 Å². The van der Waals surface area contributed by atoms with Crippen molar-refractivity contribution in [3.8, 4) is 5.75 Å². The van der Waals surface area contributed by atoms with Gasteiger partial charge in [-0.15, -0.1) is 0 Å². The molecule has 0 fully saturated rings. The Morgan fingerprint density at radius 2 is 1.50 bits per heavy atom. The first-order chi connectivity index (χ1) is 12.4. The maximum atomic E-state index is 12.4. The number of fused-ring (bicyclic) bond motifs is 1. The van der Waals surface area contributed by atoms with E-state index in [0.29, 0.717) is 12.0 Å². The minimum atomic E-state index is -1.07. The van der Waals surface area contributed by atoms with Crippen LogP contribution in [0.5, 0.6) is 5.75 Å².